The molecule has 0 saturated carbocycles. The highest BCUT2D eigenvalue weighted by Gasteiger charge is 2.05. The highest BCUT2D eigenvalue weighted by Crippen LogP contribution is 2.31. The molecule has 0 bridgehead atoms. The van der Waals surface area contributed by atoms with Gasteiger partial charge in [-0.15, -0.1) is 0 Å². The molecule has 2 aromatic rings. The number of anilines is 1. The zero-order valence-electron chi connectivity index (χ0n) is 8.97. The predicted molar refractivity (Wildman–Crippen MR) is 63.8 cm³/mol. The van der Waals surface area contributed by atoms with Gasteiger partial charge in [0.05, 0.1) is 5.69 Å². The van der Waals surface area contributed by atoms with Crippen LogP contribution in [0, 0.1) is 6.92 Å². The fraction of sp³-hybridized carbons (Fsp3) is 0.0769. The van der Waals surface area contributed by atoms with E-state index in [9.17, 15) is 0 Å². The third kappa shape index (κ3) is 2.08. The first-order valence-corrected chi connectivity index (χ1v) is 4.99. The smallest absolute Gasteiger partial charge is 0.153 e. The van der Waals surface area contributed by atoms with Crippen molar-refractivity contribution in [2.75, 3.05) is 5.73 Å². The topological polar surface area (TPSA) is 55.5 Å². The lowest BCUT2D eigenvalue weighted by Gasteiger charge is -2.10. The number of rotatable bonds is 2. The molecular weight excluding hydrogens is 202 g/mol. The molecule has 3 nitrogen and oxygen atoms in total. The van der Waals surface area contributed by atoms with E-state index in [0.29, 0.717) is 17.2 Å². The van der Waals surface area contributed by atoms with Crippen molar-refractivity contribution in [2.45, 2.75) is 6.92 Å². The fourth-order valence-electron chi connectivity index (χ4n) is 1.45. The van der Waals surface area contributed by atoms with Crippen LogP contribution >= 0.6 is 0 Å². The molecule has 0 unspecified atom stereocenters. The summed E-state index contributed by atoms with van der Waals surface area (Å²) in [6.07, 6.45) is 0. The van der Waals surface area contributed by atoms with Crippen LogP contribution < -0.4 is 10.5 Å². The summed E-state index contributed by atoms with van der Waals surface area (Å²) in [7, 11) is 0. The summed E-state index contributed by atoms with van der Waals surface area (Å²) in [5.74, 6) is 1.53. The Morgan fingerprint density at radius 2 is 1.75 bits per heavy atom. The van der Waals surface area contributed by atoms with Crippen molar-refractivity contribution in [1.29, 1.82) is 0 Å². The molecule has 3 heteroatoms. The number of nitrogens with two attached hydrogens (primary N) is 1. The number of hydrogen-bond acceptors (Lipinski definition) is 3. The number of benzene rings is 2. The van der Waals surface area contributed by atoms with Crippen LogP contribution in [0.4, 0.5) is 5.69 Å². The van der Waals surface area contributed by atoms with Gasteiger partial charge in [0.2, 0.25) is 0 Å². The average molecular weight is 215 g/mol. The normalized spacial score (nSPS) is 10.1. The lowest BCUT2D eigenvalue weighted by molar-refractivity contribution is 0.464. The lowest BCUT2D eigenvalue weighted by Crippen LogP contribution is -1.94. The van der Waals surface area contributed by atoms with Crippen LogP contribution in [-0.4, -0.2) is 5.11 Å². The van der Waals surface area contributed by atoms with Crippen LogP contribution in [0.2, 0.25) is 0 Å². The van der Waals surface area contributed by atoms with Crippen molar-refractivity contribution >= 4 is 5.69 Å². The molecule has 0 aromatic heterocycles. The molecular formula is C13H13NO2. The minimum absolute atomic E-state index is 0.213. The summed E-state index contributed by atoms with van der Waals surface area (Å²) in [5.41, 5.74) is 7.41. The summed E-state index contributed by atoms with van der Waals surface area (Å²) in [5, 5.41) is 9.15. The van der Waals surface area contributed by atoms with Crippen molar-refractivity contribution < 1.29 is 9.84 Å². The Balaban J connectivity index is 2.30. The number of nitrogen functional groups attached to an aromatic ring is 1. The van der Waals surface area contributed by atoms with E-state index < -0.39 is 0 Å². The summed E-state index contributed by atoms with van der Waals surface area (Å²) in [4.78, 5) is 0. The van der Waals surface area contributed by atoms with E-state index in [-0.39, 0.29) is 5.75 Å². The molecule has 0 radical (unpaired) electrons. The van der Waals surface area contributed by atoms with Gasteiger partial charge >= 0.3 is 0 Å². The van der Waals surface area contributed by atoms with Gasteiger partial charge in [0.15, 0.2) is 5.75 Å². The maximum Gasteiger partial charge on any atom is 0.153 e. The Morgan fingerprint density at radius 1 is 1.06 bits per heavy atom. The Labute approximate surface area is 94.1 Å². The average Bonchev–Trinajstić information content (AvgIpc) is 2.26. The summed E-state index contributed by atoms with van der Waals surface area (Å²) >= 11 is 0. The Bertz CT molecular complexity index is 472. The Hall–Kier alpha value is -2.16. The van der Waals surface area contributed by atoms with E-state index in [4.69, 9.17) is 15.6 Å². The van der Waals surface area contributed by atoms with Gasteiger partial charge in [-0.25, -0.2) is 0 Å². The van der Waals surface area contributed by atoms with Crippen LogP contribution in [-0.2, 0) is 0 Å². The molecule has 2 rings (SSSR count). The minimum Gasteiger partial charge on any atom is -0.508 e. The molecule has 0 saturated heterocycles. The maximum atomic E-state index is 9.15. The van der Waals surface area contributed by atoms with E-state index in [2.05, 4.69) is 0 Å². The Morgan fingerprint density at radius 3 is 2.38 bits per heavy atom. The SMILES string of the molecule is Cc1cccc(N)c1Oc1ccc(O)cc1. The molecule has 2 aromatic carbocycles. The van der Waals surface area contributed by atoms with E-state index in [0.717, 1.165) is 5.56 Å². The molecule has 0 atom stereocenters. The molecule has 16 heavy (non-hydrogen) atoms. The zero-order chi connectivity index (χ0) is 11.5. The predicted octanol–water partition coefficient (Wildman–Crippen LogP) is 3.08. The molecule has 0 heterocycles. The third-order valence-corrected chi connectivity index (χ3v) is 2.30. The van der Waals surface area contributed by atoms with Crippen LogP contribution in [0.5, 0.6) is 17.2 Å². The minimum atomic E-state index is 0.213. The molecule has 0 aliphatic heterocycles. The van der Waals surface area contributed by atoms with Gasteiger partial charge < -0.3 is 15.6 Å². The van der Waals surface area contributed by atoms with Crippen molar-refractivity contribution in [3.8, 4) is 17.2 Å². The number of para-hydroxylation sites is 1. The number of ether oxygens (including phenoxy) is 1. The molecule has 0 aliphatic carbocycles. The van der Waals surface area contributed by atoms with Crippen LogP contribution in [0.3, 0.4) is 0 Å². The molecule has 0 spiro atoms. The van der Waals surface area contributed by atoms with Gasteiger partial charge in [0, 0.05) is 0 Å². The standard InChI is InChI=1S/C13H13NO2/c1-9-3-2-4-12(14)13(9)16-11-7-5-10(15)6-8-11/h2-8,15H,14H2,1H3. The largest absolute Gasteiger partial charge is 0.508 e. The number of aromatic hydroxyl groups is 1. The van der Waals surface area contributed by atoms with Gasteiger partial charge in [-0.2, -0.15) is 0 Å². The molecule has 3 N–H and O–H groups in total. The highest BCUT2D eigenvalue weighted by molar-refractivity contribution is 5.57. The quantitative estimate of drug-likeness (QED) is 0.757. The van der Waals surface area contributed by atoms with E-state index >= 15 is 0 Å². The van der Waals surface area contributed by atoms with Gasteiger partial charge in [-0.05, 0) is 42.8 Å². The molecule has 0 amide bonds. The van der Waals surface area contributed by atoms with E-state index in [1.807, 2.05) is 19.1 Å². The van der Waals surface area contributed by atoms with Crippen LogP contribution in [0.1, 0.15) is 5.56 Å². The number of aryl methyl sites for hydroxylation is 1. The van der Waals surface area contributed by atoms with Gasteiger partial charge in [-0.1, -0.05) is 12.1 Å². The summed E-state index contributed by atoms with van der Waals surface area (Å²) in [6, 6.07) is 12.2. The van der Waals surface area contributed by atoms with Crippen molar-refractivity contribution in [1.82, 2.24) is 0 Å². The summed E-state index contributed by atoms with van der Waals surface area (Å²) in [6.45, 7) is 1.94. The zero-order valence-corrected chi connectivity index (χ0v) is 8.97. The summed E-state index contributed by atoms with van der Waals surface area (Å²) < 4.78 is 5.66. The Kier molecular flexibility index (Phi) is 2.68. The second-order valence-corrected chi connectivity index (χ2v) is 3.59. The number of phenolic OH excluding ortho intramolecular Hbond substituents is 1. The van der Waals surface area contributed by atoms with Gasteiger partial charge in [0.1, 0.15) is 11.5 Å². The third-order valence-electron chi connectivity index (χ3n) is 2.30. The number of hydrogen-bond donors (Lipinski definition) is 2. The molecule has 0 fully saturated rings. The van der Waals surface area contributed by atoms with Crippen molar-refractivity contribution in [2.24, 2.45) is 0 Å². The van der Waals surface area contributed by atoms with Crippen LogP contribution in [0.25, 0.3) is 0 Å². The van der Waals surface area contributed by atoms with Crippen LogP contribution in [0.15, 0.2) is 42.5 Å². The lowest BCUT2D eigenvalue weighted by atomic mass is 10.2. The first-order valence-electron chi connectivity index (χ1n) is 4.99. The number of phenols is 1. The van der Waals surface area contributed by atoms with Crippen molar-refractivity contribution in [3.63, 3.8) is 0 Å². The van der Waals surface area contributed by atoms with Gasteiger partial charge in [0.25, 0.3) is 0 Å². The maximum absolute atomic E-state index is 9.15. The van der Waals surface area contributed by atoms with E-state index in [1.165, 1.54) is 0 Å². The monoisotopic (exact) mass is 215 g/mol. The first-order chi connectivity index (χ1) is 7.66. The van der Waals surface area contributed by atoms with Gasteiger partial charge in [-0.3, -0.25) is 0 Å². The molecule has 82 valence electrons. The highest BCUT2D eigenvalue weighted by atomic mass is 16.5. The molecule has 0 aliphatic rings. The second-order valence-electron chi connectivity index (χ2n) is 3.59. The van der Waals surface area contributed by atoms with Crippen molar-refractivity contribution in [3.05, 3.63) is 48.0 Å². The first kappa shape index (κ1) is 10.4. The fourth-order valence-corrected chi connectivity index (χ4v) is 1.45. The van der Waals surface area contributed by atoms with E-state index in [1.54, 1.807) is 30.3 Å². The second kappa shape index (κ2) is 4.14.